The topological polar surface area (TPSA) is 64.6 Å². The van der Waals surface area contributed by atoms with Gasteiger partial charge in [-0.05, 0) is 61.9 Å². The summed E-state index contributed by atoms with van der Waals surface area (Å²) in [5.74, 6) is -0.383. The molecule has 2 aromatic rings. The number of carbonyl (C=O) groups excluding carboxylic acids is 2. The van der Waals surface area contributed by atoms with E-state index >= 15 is 0 Å². The van der Waals surface area contributed by atoms with E-state index in [1.807, 2.05) is 45.0 Å². The van der Waals surface area contributed by atoms with Gasteiger partial charge in [-0.1, -0.05) is 36.4 Å². The van der Waals surface area contributed by atoms with Gasteiger partial charge >= 0.3 is 12.1 Å². The molecule has 1 aliphatic carbocycles. The van der Waals surface area contributed by atoms with Crippen LogP contribution in [0.25, 0.3) is 0 Å². The second-order valence-corrected chi connectivity index (χ2v) is 8.28. The van der Waals surface area contributed by atoms with Crippen molar-refractivity contribution in [3.63, 3.8) is 0 Å². The number of halogens is 1. The van der Waals surface area contributed by atoms with Gasteiger partial charge in [0, 0.05) is 6.54 Å². The summed E-state index contributed by atoms with van der Waals surface area (Å²) in [5.41, 5.74) is 2.13. The number of nitrogens with one attached hydrogen (secondary N) is 1. The molecule has 5 nitrogen and oxygen atoms in total. The van der Waals surface area contributed by atoms with E-state index in [0.29, 0.717) is 5.56 Å². The summed E-state index contributed by atoms with van der Waals surface area (Å²) >= 11 is 0. The summed E-state index contributed by atoms with van der Waals surface area (Å²) < 4.78 is 23.8. The van der Waals surface area contributed by atoms with Crippen LogP contribution in [-0.2, 0) is 27.4 Å². The van der Waals surface area contributed by atoms with Crippen LogP contribution in [0, 0.1) is 11.7 Å². The molecule has 0 saturated heterocycles. The zero-order valence-electron chi connectivity index (χ0n) is 16.9. The highest BCUT2D eigenvalue weighted by atomic mass is 19.1. The normalized spacial score (nSPS) is 18.1. The molecule has 0 spiro atoms. The molecule has 0 aliphatic heterocycles. The number of alkyl carbamates (subject to hydrolysis) is 1. The van der Waals surface area contributed by atoms with Gasteiger partial charge in [0.15, 0.2) is 0 Å². The van der Waals surface area contributed by atoms with Gasteiger partial charge in [0.1, 0.15) is 18.0 Å². The van der Waals surface area contributed by atoms with E-state index in [9.17, 15) is 14.0 Å². The third-order valence-electron chi connectivity index (χ3n) is 4.60. The molecule has 2 aromatic carbocycles. The molecule has 0 heterocycles. The summed E-state index contributed by atoms with van der Waals surface area (Å²) in [7, 11) is 0. The third kappa shape index (κ3) is 6.31. The number of amides is 1. The van der Waals surface area contributed by atoms with Crippen LogP contribution < -0.4 is 5.32 Å². The maximum absolute atomic E-state index is 13.1. The first-order valence-electron chi connectivity index (χ1n) is 9.68. The van der Waals surface area contributed by atoms with Crippen molar-refractivity contribution >= 4 is 12.1 Å². The Hall–Kier alpha value is -2.89. The van der Waals surface area contributed by atoms with Crippen molar-refractivity contribution in [2.45, 2.75) is 51.9 Å². The lowest BCUT2D eigenvalue weighted by Crippen LogP contribution is -2.25. The Bertz CT molecular complexity index is 873. The van der Waals surface area contributed by atoms with Crippen LogP contribution in [0.4, 0.5) is 9.18 Å². The standard InChI is InChI=1S/C23H26FNO4/c1-23(2,3)29-21(26)20-12-19(20)17-9-7-15(8-10-17)14-28-22(27)25-13-16-5-4-6-18(24)11-16/h4-11,19-20H,12-14H2,1-3H3,(H,25,27). The average molecular weight is 399 g/mol. The van der Waals surface area contributed by atoms with Gasteiger partial charge in [-0.3, -0.25) is 4.79 Å². The second-order valence-electron chi connectivity index (χ2n) is 8.28. The van der Waals surface area contributed by atoms with Crippen LogP contribution in [0.3, 0.4) is 0 Å². The molecule has 3 rings (SSSR count). The summed E-state index contributed by atoms with van der Waals surface area (Å²) in [4.78, 5) is 23.9. The van der Waals surface area contributed by atoms with E-state index in [2.05, 4.69) is 5.32 Å². The van der Waals surface area contributed by atoms with Crippen molar-refractivity contribution in [3.8, 4) is 0 Å². The molecule has 1 saturated carbocycles. The maximum atomic E-state index is 13.1. The van der Waals surface area contributed by atoms with Gasteiger partial charge in [-0.25, -0.2) is 9.18 Å². The first kappa shape index (κ1) is 20.8. The SMILES string of the molecule is CC(C)(C)OC(=O)C1CC1c1ccc(COC(=O)NCc2cccc(F)c2)cc1. The fourth-order valence-corrected chi connectivity index (χ4v) is 3.08. The Morgan fingerprint density at radius 3 is 2.48 bits per heavy atom. The molecular formula is C23H26FNO4. The second kappa shape index (κ2) is 8.64. The minimum atomic E-state index is -0.564. The van der Waals surface area contributed by atoms with E-state index in [1.165, 1.54) is 12.1 Å². The highest BCUT2D eigenvalue weighted by molar-refractivity contribution is 5.77. The number of rotatable bonds is 6. The minimum Gasteiger partial charge on any atom is -0.460 e. The van der Waals surface area contributed by atoms with E-state index < -0.39 is 11.7 Å². The first-order chi connectivity index (χ1) is 13.7. The molecule has 1 fully saturated rings. The van der Waals surface area contributed by atoms with E-state index in [4.69, 9.17) is 9.47 Å². The number of hydrogen-bond donors (Lipinski definition) is 1. The number of ether oxygens (including phenoxy) is 2. The molecule has 6 heteroatoms. The van der Waals surface area contributed by atoms with Gasteiger partial charge in [-0.2, -0.15) is 0 Å². The van der Waals surface area contributed by atoms with Crippen molar-refractivity contribution in [3.05, 3.63) is 71.0 Å². The zero-order chi connectivity index (χ0) is 21.0. The van der Waals surface area contributed by atoms with Gasteiger partial charge in [-0.15, -0.1) is 0 Å². The molecule has 29 heavy (non-hydrogen) atoms. The Morgan fingerprint density at radius 2 is 1.83 bits per heavy atom. The smallest absolute Gasteiger partial charge is 0.407 e. The van der Waals surface area contributed by atoms with Gasteiger partial charge in [0.05, 0.1) is 5.92 Å². The molecule has 1 N–H and O–H groups in total. The molecule has 0 aromatic heterocycles. The third-order valence-corrected chi connectivity index (χ3v) is 4.60. The maximum Gasteiger partial charge on any atom is 0.407 e. The number of esters is 1. The Kier molecular flexibility index (Phi) is 6.20. The lowest BCUT2D eigenvalue weighted by Gasteiger charge is -2.19. The Labute approximate surface area is 170 Å². The van der Waals surface area contributed by atoms with Crippen molar-refractivity contribution in [1.29, 1.82) is 0 Å². The lowest BCUT2D eigenvalue weighted by molar-refractivity contribution is -0.156. The molecule has 2 atom stereocenters. The van der Waals surface area contributed by atoms with E-state index in [-0.39, 0.29) is 36.8 Å². The average Bonchev–Trinajstić information content (AvgIpc) is 3.45. The van der Waals surface area contributed by atoms with Crippen molar-refractivity contribution in [2.24, 2.45) is 5.92 Å². The number of hydrogen-bond acceptors (Lipinski definition) is 4. The summed E-state index contributed by atoms with van der Waals surface area (Å²) in [5, 5.41) is 2.59. The van der Waals surface area contributed by atoms with E-state index in [1.54, 1.807) is 12.1 Å². The molecule has 2 unspecified atom stereocenters. The molecule has 1 aliphatic rings. The predicted octanol–water partition coefficient (Wildman–Crippen LogP) is 4.70. The van der Waals surface area contributed by atoms with Gasteiger partial charge in [0.2, 0.25) is 0 Å². The molecule has 1 amide bonds. The zero-order valence-corrected chi connectivity index (χ0v) is 16.9. The Balaban J connectivity index is 1.43. The monoisotopic (exact) mass is 399 g/mol. The number of benzene rings is 2. The summed E-state index contributed by atoms with van der Waals surface area (Å²) in [6.45, 7) is 5.93. The van der Waals surface area contributed by atoms with Crippen molar-refractivity contribution in [2.75, 3.05) is 0 Å². The molecular weight excluding hydrogens is 373 g/mol. The van der Waals surface area contributed by atoms with Crippen LogP contribution in [0.1, 0.15) is 49.8 Å². The van der Waals surface area contributed by atoms with Gasteiger partial charge < -0.3 is 14.8 Å². The highest BCUT2D eigenvalue weighted by Crippen LogP contribution is 2.48. The first-order valence-corrected chi connectivity index (χ1v) is 9.68. The fourth-order valence-electron chi connectivity index (χ4n) is 3.08. The summed E-state index contributed by atoms with van der Waals surface area (Å²) in [6, 6.07) is 13.7. The largest absolute Gasteiger partial charge is 0.460 e. The van der Waals surface area contributed by atoms with Crippen LogP contribution in [0.2, 0.25) is 0 Å². The van der Waals surface area contributed by atoms with Gasteiger partial charge in [0.25, 0.3) is 0 Å². The molecule has 0 bridgehead atoms. The highest BCUT2D eigenvalue weighted by Gasteiger charge is 2.46. The van der Waals surface area contributed by atoms with Crippen LogP contribution in [0.5, 0.6) is 0 Å². The lowest BCUT2D eigenvalue weighted by atomic mass is 10.1. The summed E-state index contributed by atoms with van der Waals surface area (Å²) in [6.07, 6.45) is 0.235. The van der Waals surface area contributed by atoms with Crippen LogP contribution >= 0.6 is 0 Å². The number of carbonyl (C=O) groups is 2. The van der Waals surface area contributed by atoms with Crippen molar-refractivity contribution in [1.82, 2.24) is 5.32 Å². The Morgan fingerprint density at radius 1 is 1.10 bits per heavy atom. The van der Waals surface area contributed by atoms with Crippen LogP contribution in [0.15, 0.2) is 48.5 Å². The predicted molar refractivity (Wildman–Crippen MR) is 107 cm³/mol. The minimum absolute atomic E-state index is 0.0788. The quantitative estimate of drug-likeness (QED) is 0.716. The molecule has 0 radical (unpaired) electrons. The van der Waals surface area contributed by atoms with Crippen LogP contribution in [-0.4, -0.2) is 17.7 Å². The van der Waals surface area contributed by atoms with Crippen molar-refractivity contribution < 1.29 is 23.5 Å². The van der Waals surface area contributed by atoms with E-state index in [0.717, 1.165) is 17.5 Å². The molecule has 154 valence electrons. The fraction of sp³-hybridized carbons (Fsp3) is 0.391.